The van der Waals surface area contributed by atoms with Crippen molar-refractivity contribution in [2.75, 3.05) is 25.5 Å². The molecule has 0 fully saturated rings. The molecule has 0 spiro atoms. The fraction of sp³-hybridized carbons (Fsp3) is 0.333. The molecule has 0 radical (unpaired) electrons. The SMILES string of the molecule is CNCCc1nccc(N(C)c2cc(Br)cs2)n1. The molecule has 2 heterocycles. The summed E-state index contributed by atoms with van der Waals surface area (Å²) in [4.78, 5) is 10.9. The average Bonchev–Trinajstić information content (AvgIpc) is 2.82. The first-order chi connectivity index (χ1) is 8.70. The molecule has 0 aliphatic heterocycles. The summed E-state index contributed by atoms with van der Waals surface area (Å²) in [5, 5.41) is 6.32. The topological polar surface area (TPSA) is 41.1 Å². The van der Waals surface area contributed by atoms with E-state index in [1.165, 1.54) is 0 Å². The Morgan fingerprint density at radius 1 is 1.50 bits per heavy atom. The van der Waals surface area contributed by atoms with E-state index < -0.39 is 0 Å². The van der Waals surface area contributed by atoms with Gasteiger partial charge in [-0.15, -0.1) is 11.3 Å². The molecule has 96 valence electrons. The first-order valence-corrected chi connectivity index (χ1v) is 7.32. The largest absolute Gasteiger partial charge is 0.321 e. The van der Waals surface area contributed by atoms with Gasteiger partial charge < -0.3 is 10.2 Å². The molecular weight excluding hydrogens is 312 g/mol. The van der Waals surface area contributed by atoms with Crippen molar-refractivity contribution in [2.45, 2.75) is 6.42 Å². The fourth-order valence-corrected chi connectivity index (χ4v) is 2.92. The van der Waals surface area contributed by atoms with E-state index in [1.807, 2.05) is 26.4 Å². The van der Waals surface area contributed by atoms with E-state index in [-0.39, 0.29) is 0 Å². The molecule has 0 saturated carbocycles. The van der Waals surface area contributed by atoms with Crippen LogP contribution in [0.25, 0.3) is 0 Å². The highest BCUT2D eigenvalue weighted by Crippen LogP contribution is 2.31. The van der Waals surface area contributed by atoms with Crippen molar-refractivity contribution in [2.24, 2.45) is 0 Å². The molecule has 0 saturated heterocycles. The molecule has 0 atom stereocenters. The third kappa shape index (κ3) is 3.28. The minimum atomic E-state index is 0.840. The first kappa shape index (κ1) is 13.5. The summed E-state index contributed by atoms with van der Waals surface area (Å²) >= 11 is 5.15. The second kappa shape index (κ2) is 6.26. The van der Waals surface area contributed by atoms with Crippen molar-refractivity contribution in [3.63, 3.8) is 0 Å². The Morgan fingerprint density at radius 3 is 3.00 bits per heavy atom. The molecule has 0 aromatic carbocycles. The summed E-state index contributed by atoms with van der Waals surface area (Å²) in [5.74, 6) is 1.79. The first-order valence-electron chi connectivity index (χ1n) is 5.65. The summed E-state index contributed by atoms with van der Waals surface area (Å²) in [7, 11) is 3.95. The lowest BCUT2D eigenvalue weighted by molar-refractivity contribution is 0.754. The highest BCUT2D eigenvalue weighted by atomic mass is 79.9. The van der Waals surface area contributed by atoms with Crippen molar-refractivity contribution >= 4 is 38.1 Å². The highest BCUT2D eigenvalue weighted by Gasteiger charge is 2.08. The van der Waals surface area contributed by atoms with Crippen LogP contribution < -0.4 is 10.2 Å². The van der Waals surface area contributed by atoms with E-state index in [1.54, 1.807) is 11.3 Å². The molecule has 2 aromatic rings. The number of likely N-dealkylation sites (N-methyl/N-ethyl adjacent to an activating group) is 1. The molecule has 0 bridgehead atoms. The summed E-state index contributed by atoms with van der Waals surface area (Å²) < 4.78 is 1.10. The van der Waals surface area contributed by atoms with Crippen LogP contribution in [-0.4, -0.2) is 30.6 Å². The second-order valence-corrected chi connectivity index (χ2v) is 5.65. The lowest BCUT2D eigenvalue weighted by Crippen LogP contribution is -2.15. The van der Waals surface area contributed by atoms with Gasteiger partial charge in [0.25, 0.3) is 0 Å². The minimum absolute atomic E-state index is 0.840. The maximum Gasteiger partial charge on any atom is 0.137 e. The van der Waals surface area contributed by atoms with Crippen LogP contribution in [0.4, 0.5) is 10.8 Å². The summed E-state index contributed by atoms with van der Waals surface area (Å²) in [6, 6.07) is 4.01. The van der Waals surface area contributed by atoms with Gasteiger partial charge in [-0.25, -0.2) is 9.97 Å². The van der Waals surface area contributed by atoms with Gasteiger partial charge in [-0.1, -0.05) is 0 Å². The Labute approximate surface area is 119 Å². The molecule has 6 heteroatoms. The maximum absolute atomic E-state index is 4.56. The van der Waals surface area contributed by atoms with E-state index in [9.17, 15) is 0 Å². The fourth-order valence-electron chi connectivity index (χ4n) is 1.52. The van der Waals surface area contributed by atoms with Crippen molar-refractivity contribution in [1.29, 1.82) is 0 Å². The number of hydrogen-bond donors (Lipinski definition) is 1. The smallest absolute Gasteiger partial charge is 0.137 e. The Morgan fingerprint density at radius 2 is 2.33 bits per heavy atom. The van der Waals surface area contributed by atoms with Crippen LogP contribution >= 0.6 is 27.3 Å². The molecule has 4 nitrogen and oxygen atoms in total. The van der Waals surface area contributed by atoms with Gasteiger partial charge in [0, 0.05) is 36.1 Å². The number of rotatable bonds is 5. The lowest BCUT2D eigenvalue weighted by atomic mass is 10.4. The van der Waals surface area contributed by atoms with Crippen molar-refractivity contribution in [1.82, 2.24) is 15.3 Å². The zero-order valence-corrected chi connectivity index (χ0v) is 12.8. The summed E-state index contributed by atoms with van der Waals surface area (Å²) in [5.41, 5.74) is 0. The van der Waals surface area contributed by atoms with Crippen molar-refractivity contribution < 1.29 is 0 Å². The Kier molecular flexibility index (Phi) is 4.68. The van der Waals surface area contributed by atoms with E-state index >= 15 is 0 Å². The number of thiophene rings is 1. The van der Waals surface area contributed by atoms with Crippen LogP contribution in [0.5, 0.6) is 0 Å². The number of halogens is 1. The predicted octanol–water partition coefficient (Wildman–Crippen LogP) is 2.83. The van der Waals surface area contributed by atoms with Gasteiger partial charge in [-0.3, -0.25) is 0 Å². The van der Waals surface area contributed by atoms with E-state index in [0.717, 1.165) is 34.1 Å². The van der Waals surface area contributed by atoms with Gasteiger partial charge in [0.05, 0.1) is 5.00 Å². The van der Waals surface area contributed by atoms with Gasteiger partial charge in [-0.05, 0) is 35.1 Å². The van der Waals surface area contributed by atoms with Gasteiger partial charge in [0.15, 0.2) is 0 Å². The number of hydrogen-bond acceptors (Lipinski definition) is 5. The van der Waals surface area contributed by atoms with E-state index in [4.69, 9.17) is 0 Å². The maximum atomic E-state index is 4.56. The minimum Gasteiger partial charge on any atom is -0.321 e. The number of nitrogens with zero attached hydrogens (tertiary/aromatic N) is 3. The monoisotopic (exact) mass is 326 g/mol. The van der Waals surface area contributed by atoms with E-state index in [0.29, 0.717) is 0 Å². The molecule has 0 amide bonds. The molecule has 18 heavy (non-hydrogen) atoms. The average molecular weight is 327 g/mol. The van der Waals surface area contributed by atoms with Crippen LogP contribution in [0.15, 0.2) is 28.2 Å². The molecule has 0 aliphatic carbocycles. The number of anilines is 2. The van der Waals surface area contributed by atoms with Crippen LogP contribution in [0, 0.1) is 0 Å². The molecule has 2 aromatic heterocycles. The van der Waals surface area contributed by atoms with Crippen LogP contribution in [0.3, 0.4) is 0 Å². The molecule has 1 N–H and O–H groups in total. The van der Waals surface area contributed by atoms with Gasteiger partial charge in [0.1, 0.15) is 11.6 Å². The third-order valence-electron chi connectivity index (χ3n) is 2.52. The summed E-state index contributed by atoms with van der Waals surface area (Å²) in [6.45, 7) is 0.887. The Hall–Kier alpha value is -0.980. The Balaban J connectivity index is 2.17. The van der Waals surface area contributed by atoms with Gasteiger partial charge in [0.2, 0.25) is 0 Å². The third-order valence-corrected chi connectivity index (χ3v) is 4.28. The highest BCUT2D eigenvalue weighted by molar-refractivity contribution is 9.10. The predicted molar refractivity (Wildman–Crippen MR) is 79.7 cm³/mol. The molecular formula is C12H15BrN4S. The normalized spacial score (nSPS) is 10.6. The Bertz CT molecular complexity index is 514. The van der Waals surface area contributed by atoms with Crippen LogP contribution in [0.2, 0.25) is 0 Å². The second-order valence-electron chi connectivity index (χ2n) is 3.85. The summed E-state index contributed by atoms with van der Waals surface area (Å²) in [6.07, 6.45) is 2.65. The van der Waals surface area contributed by atoms with Crippen molar-refractivity contribution in [3.8, 4) is 0 Å². The quantitative estimate of drug-likeness (QED) is 0.917. The zero-order chi connectivity index (χ0) is 13.0. The van der Waals surface area contributed by atoms with E-state index in [2.05, 4.69) is 47.6 Å². The van der Waals surface area contributed by atoms with Crippen LogP contribution in [0.1, 0.15) is 5.82 Å². The molecule has 0 aliphatic rings. The van der Waals surface area contributed by atoms with Crippen molar-refractivity contribution in [3.05, 3.63) is 34.0 Å². The number of aromatic nitrogens is 2. The van der Waals surface area contributed by atoms with Gasteiger partial charge in [-0.2, -0.15) is 0 Å². The molecule has 0 unspecified atom stereocenters. The zero-order valence-electron chi connectivity index (χ0n) is 10.4. The number of nitrogens with one attached hydrogen (secondary N) is 1. The van der Waals surface area contributed by atoms with Gasteiger partial charge >= 0.3 is 0 Å². The standard InChI is InChI=1S/C12H15BrN4S/c1-14-5-3-10-15-6-4-11(16-10)17(2)12-7-9(13)8-18-12/h4,6-8,14H,3,5H2,1-2H3. The molecule has 2 rings (SSSR count). The van der Waals surface area contributed by atoms with Crippen LogP contribution in [-0.2, 0) is 6.42 Å². The lowest BCUT2D eigenvalue weighted by Gasteiger charge is -2.16.